The molecule has 3 heterocycles. The van der Waals surface area contributed by atoms with Gasteiger partial charge in [0.05, 0.1) is 25.1 Å². The van der Waals surface area contributed by atoms with Crippen LogP contribution in [-0.4, -0.2) is 48.5 Å². The largest absolute Gasteiger partial charge is 0.394 e. The van der Waals surface area contributed by atoms with Crippen LogP contribution < -0.4 is 5.32 Å². The highest BCUT2D eigenvalue weighted by Crippen LogP contribution is 2.32. The van der Waals surface area contributed by atoms with Crippen LogP contribution in [-0.2, 0) is 4.74 Å². The SMILES string of the molecule is CC(Nc1ncnc2c1ncn2C1OC(CO)CC1O)c1ccccc1. The van der Waals surface area contributed by atoms with Crippen molar-refractivity contribution < 1.29 is 14.9 Å². The van der Waals surface area contributed by atoms with Gasteiger partial charge in [-0.15, -0.1) is 0 Å². The number of nitrogens with one attached hydrogen (secondary N) is 1. The van der Waals surface area contributed by atoms with Gasteiger partial charge in [0.1, 0.15) is 12.4 Å². The van der Waals surface area contributed by atoms with Gasteiger partial charge in [-0.1, -0.05) is 30.3 Å². The maximum atomic E-state index is 10.2. The molecule has 0 radical (unpaired) electrons. The fourth-order valence-corrected chi connectivity index (χ4v) is 3.27. The molecule has 1 aliphatic heterocycles. The molecule has 26 heavy (non-hydrogen) atoms. The third kappa shape index (κ3) is 3.03. The molecule has 4 atom stereocenters. The predicted molar refractivity (Wildman–Crippen MR) is 95.4 cm³/mol. The number of nitrogens with zero attached hydrogens (tertiary/aromatic N) is 4. The van der Waals surface area contributed by atoms with Crippen LogP contribution in [0, 0.1) is 0 Å². The molecular weight excluding hydrogens is 334 g/mol. The molecule has 0 bridgehead atoms. The summed E-state index contributed by atoms with van der Waals surface area (Å²) in [6, 6.07) is 10.1. The molecule has 1 aliphatic rings. The van der Waals surface area contributed by atoms with Gasteiger partial charge in [-0.05, 0) is 12.5 Å². The molecule has 136 valence electrons. The van der Waals surface area contributed by atoms with Crippen molar-refractivity contribution in [2.45, 2.75) is 37.8 Å². The number of aliphatic hydroxyl groups excluding tert-OH is 2. The highest BCUT2D eigenvalue weighted by Gasteiger charge is 2.36. The lowest BCUT2D eigenvalue weighted by atomic mass is 10.1. The Morgan fingerprint density at radius 3 is 2.81 bits per heavy atom. The minimum Gasteiger partial charge on any atom is -0.394 e. The van der Waals surface area contributed by atoms with Crippen LogP contribution in [0.4, 0.5) is 5.82 Å². The second-order valence-electron chi connectivity index (χ2n) is 6.46. The van der Waals surface area contributed by atoms with Crippen LogP contribution >= 0.6 is 0 Å². The van der Waals surface area contributed by atoms with Crippen molar-refractivity contribution in [3.8, 4) is 0 Å². The summed E-state index contributed by atoms with van der Waals surface area (Å²) < 4.78 is 7.40. The molecule has 8 nitrogen and oxygen atoms in total. The topological polar surface area (TPSA) is 105 Å². The van der Waals surface area contributed by atoms with Crippen molar-refractivity contribution in [2.75, 3.05) is 11.9 Å². The molecule has 0 aliphatic carbocycles. The predicted octanol–water partition coefficient (Wildman–Crippen LogP) is 1.64. The van der Waals surface area contributed by atoms with E-state index in [1.807, 2.05) is 30.3 Å². The van der Waals surface area contributed by atoms with Crippen LogP contribution in [0.25, 0.3) is 11.2 Å². The van der Waals surface area contributed by atoms with E-state index >= 15 is 0 Å². The first kappa shape index (κ1) is 16.9. The summed E-state index contributed by atoms with van der Waals surface area (Å²) in [5, 5.41) is 22.9. The Hall–Kier alpha value is -2.55. The molecule has 0 saturated carbocycles. The lowest BCUT2D eigenvalue weighted by Gasteiger charge is -2.17. The van der Waals surface area contributed by atoms with Crippen LogP contribution in [0.5, 0.6) is 0 Å². The van der Waals surface area contributed by atoms with E-state index in [0.29, 0.717) is 23.4 Å². The summed E-state index contributed by atoms with van der Waals surface area (Å²) in [5.74, 6) is 0.622. The van der Waals surface area contributed by atoms with Gasteiger partial charge in [0.2, 0.25) is 0 Å². The maximum absolute atomic E-state index is 10.2. The second kappa shape index (κ2) is 6.99. The average Bonchev–Trinajstić information content (AvgIpc) is 3.26. The number of ether oxygens (including phenoxy) is 1. The van der Waals surface area contributed by atoms with E-state index in [2.05, 4.69) is 27.2 Å². The Balaban J connectivity index is 1.63. The van der Waals surface area contributed by atoms with E-state index < -0.39 is 12.3 Å². The maximum Gasteiger partial charge on any atom is 0.167 e. The van der Waals surface area contributed by atoms with Crippen LogP contribution in [0.1, 0.15) is 31.2 Å². The lowest BCUT2D eigenvalue weighted by Crippen LogP contribution is -2.19. The number of imidazole rings is 1. The van der Waals surface area contributed by atoms with E-state index in [1.165, 1.54) is 6.33 Å². The van der Waals surface area contributed by atoms with Gasteiger partial charge in [0.15, 0.2) is 23.2 Å². The smallest absolute Gasteiger partial charge is 0.167 e. The normalized spacial score (nSPS) is 24.0. The van der Waals surface area contributed by atoms with Gasteiger partial charge >= 0.3 is 0 Å². The number of benzene rings is 1. The minimum absolute atomic E-state index is 0.0477. The number of hydrogen-bond donors (Lipinski definition) is 3. The van der Waals surface area contributed by atoms with E-state index in [4.69, 9.17) is 4.74 Å². The van der Waals surface area contributed by atoms with Gasteiger partial charge in [0.25, 0.3) is 0 Å². The number of anilines is 1. The third-order valence-corrected chi connectivity index (χ3v) is 4.65. The summed E-state index contributed by atoms with van der Waals surface area (Å²) >= 11 is 0. The second-order valence-corrected chi connectivity index (χ2v) is 6.46. The summed E-state index contributed by atoms with van der Waals surface area (Å²) in [4.78, 5) is 13.0. The van der Waals surface area contributed by atoms with Crippen LogP contribution in [0.15, 0.2) is 43.0 Å². The van der Waals surface area contributed by atoms with Crippen LogP contribution in [0.3, 0.4) is 0 Å². The standard InChI is InChI=1S/C18H21N5O3/c1-11(12-5-3-2-4-6-12)22-16-15-17(20-9-19-16)23(10-21-15)18-14(25)7-13(8-24)26-18/h2-6,9-11,13-14,18,24-25H,7-8H2,1H3,(H,19,20,22). The van der Waals surface area contributed by atoms with Crippen LogP contribution in [0.2, 0.25) is 0 Å². The lowest BCUT2D eigenvalue weighted by molar-refractivity contribution is -0.0486. The first-order valence-corrected chi connectivity index (χ1v) is 8.60. The van der Waals surface area contributed by atoms with Crippen molar-refractivity contribution in [3.63, 3.8) is 0 Å². The molecule has 2 aromatic heterocycles. The fraction of sp³-hybridized carbons (Fsp3) is 0.389. The first-order valence-electron chi connectivity index (χ1n) is 8.60. The number of rotatable bonds is 5. The average molecular weight is 355 g/mol. The van der Waals surface area contributed by atoms with Gasteiger partial charge in [-0.2, -0.15) is 0 Å². The van der Waals surface area contributed by atoms with E-state index in [1.54, 1.807) is 10.9 Å². The van der Waals surface area contributed by atoms with Gasteiger partial charge in [0, 0.05) is 6.42 Å². The Labute approximate surface area is 150 Å². The summed E-state index contributed by atoms with van der Waals surface area (Å²) in [7, 11) is 0. The molecule has 1 aromatic carbocycles. The van der Waals surface area contributed by atoms with Gasteiger partial charge < -0.3 is 20.3 Å². The molecule has 0 spiro atoms. The Morgan fingerprint density at radius 2 is 2.08 bits per heavy atom. The number of hydrogen-bond acceptors (Lipinski definition) is 7. The number of fused-ring (bicyclic) bond motifs is 1. The Morgan fingerprint density at radius 1 is 1.27 bits per heavy atom. The number of aromatic nitrogens is 4. The van der Waals surface area contributed by atoms with E-state index in [0.717, 1.165) is 5.56 Å². The van der Waals surface area contributed by atoms with Crippen molar-refractivity contribution in [1.29, 1.82) is 0 Å². The highest BCUT2D eigenvalue weighted by atomic mass is 16.5. The molecule has 3 N–H and O–H groups in total. The van der Waals surface area contributed by atoms with Crippen molar-refractivity contribution in [3.05, 3.63) is 48.5 Å². The zero-order valence-electron chi connectivity index (χ0n) is 14.4. The Kier molecular flexibility index (Phi) is 4.54. The quantitative estimate of drug-likeness (QED) is 0.639. The zero-order valence-corrected chi connectivity index (χ0v) is 14.4. The molecule has 0 amide bonds. The summed E-state index contributed by atoms with van der Waals surface area (Å²) in [6.07, 6.45) is 1.70. The van der Waals surface area contributed by atoms with Crippen molar-refractivity contribution in [1.82, 2.24) is 19.5 Å². The molecule has 4 rings (SSSR count). The number of aliphatic hydroxyl groups is 2. The van der Waals surface area contributed by atoms with Crippen molar-refractivity contribution in [2.24, 2.45) is 0 Å². The Bertz CT molecular complexity index is 885. The molecule has 1 saturated heterocycles. The van der Waals surface area contributed by atoms with Gasteiger partial charge in [-0.3, -0.25) is 4.57 Å². The minimum atomic E-state index is -0.723. The van der Waals surface area contributed by atoms with Crippen molar-refractivity contribution >= 4 is 17.0 Å². The van der Waals surface area contributed by atoms with E-state index in [9.17, 15) is 10.2 Å². The molecule has 4 unspecified atom stereocenters. The molecule has 8 heteroatoms. The van der Waals surface area contributed by atoms with E-state index in [-0.39, 0.29) is 18.8 Å². The monoisotopic (exact) mass is 355 g/mol. The summed E-state index contributed by atoms with van der Waals surface area (Å²) in [6.45, 7) is 1.92. The zero-order chi connectivity index (χ0) is 18.1. The summed E-state index contributed by atoms with van der Waals surface area (Å²) in [5.41, 5.74) is 2.32. The molecule has 3 aromatic rings. The van der Waals surface area contributed by atoms with Gasteiger partial charge in [-0.25, -0.2) is 15.0 Å². The molecule has 1 fully saturated rings. The molecular formula is C18H21N5O3. The highest BCUT2D eigenvalue weighted by molar-refractivity contribution is 5.82. The fourth-order valence-electron chi connectivity index (χ4n) is 3.27. The first-order chi connectivity index (χ1) is 12.7. The third-order valence-electron chi connectivity index (χ3n) is 4.65.